The highest BCUT2D eigenvalue weighted by Crippen LogP contribution is 2.22. The van der Waals surface area contributed by atoms with Crippen LogP contribution in [-0.4, -0.2) is 26.7 Å². The second-order valence-corrected chi connectivity index (χ2v) is 3.75. The summed E-state index contributed by atoms with van der Waals surface area (Å²) in [5, 5.41) is 8.83. The molecular formula is C12H11N3O2. The van der Waals surface area contributed by atoms with Gasteiger partial charge >= 0.3 is 0 Å². The second-order valence-electron chi connectivity index (χ2n) is 3.75. The average molecular weight is 229 g/mol. The number of aliphatic hydroxyl groups is 1. The van der Waals surface area contributed by atoms with Crippen molar-refractivity contribution in [2.45, 2.75) is 6.42 Å². The maximum atomic E-state index is 8.83. The Bertz CT molecular complexity index is 642. The predicted octanol–water partition coefficient (Wildman–Crippen LogP) is 1.75. The number of nitrogens with one attached hydrogen (secondary N) is 1. The predicted molar refractivity (Wildman–Crippen MR) is 62.4 cm³/mol. The molecule has 0 aliphatic rings. The summed E-state index contributed by atoms with van der Waals surface area (Å²) in [6.07, 6.45) is 3.71. The summed E-state index contributed by atoms with van der Waals surface area (Å²) < 4.78 is 5.25. The summed E-state index contributed by atoms with van der Waals surface area (Å²) in [6, 6.07) is 5.78. The van der Waals surface area contributed by atoms with Crippen LogP contribution in [0.2, 0.25) is 0 Å². The van der Waals surface area contributed by atoms with Crippen molar-refractivity contribution in [1.29, 1.82) is 0 Å². The van der Waals surface area contributed by atoms with E-state index in [9.17, 15) is 0 Å². The molecule has 0 bridgehead atoms. The molecule has 0 spiro atoms. The highest BCUT2D eigenvalue weighted by Gasteiger charge is 2.05. The van der Waals surface area contributed by atoms with Gasteiger partial charge in [-0.05, 0) is 12.1 Å². The summed E-state index contributed by atoms with van der Waals surface area (Å²) in [4.78, 5) is 11.4. The largest absolute Gasteiger partial charge is 0.443 e. The topological polar surface area (TPSA) is 74.9 Å². The van der Waals surface area contributed by atoms with Gasteiger partial charge in [0.1, 0.15) is 11.3 Å². The van der Waals surface area contributed by atoms with E-state index in [0.29, 0.717) is 6.42 Å². The Morgan fingerprint density at radius 2 is 2.24 bits per heavy atom. The van der Waals surface area contributed by atoms with Gasteiger partial charge < -0.3 is 14.5 Å². The molecule has 0 aliphatic heterocycles. The third kappa shape index (κ3) is 1.81. The summed E-state index contributed by atoms with van der Waals surface area (Å²) in [5.41, 5.74) is 3.49. The maximum Gasteiger partial charge on any atom is 0.181 e. The Kier molecular flexibility index (Phi) is 2.38. The lowest BCUT2D eigenvalue weighted by Crippen LogP contribution is -1.92. The first-order valence-corrected chi connectivity index (χ1v) is 5.35. The van der Waals surface area contributed by atoms with Crippen molar-refractivity contribution < 1.29 is 9.52 Å². The van der Waals surface area contributed by atoms with Crippen LogP contribution < -0.4 is 0 Å². The first kappa shape index (κ1) is 10.0. The van der Waals surface area contributed by atoms with E-state index in [1.165, 1.54) is 6.39 Å². The normalized spacial score (nSPS) is 11.1. The second kappa shape index (κ2) is 4.03. The monoisotopic (exact) mass is 229 g/mol. The van der Waals surface area contributed by atoms with Crippen LogP contribution in [0.4, 0.5) is 0 Å². The lowest BCUT2D eigenvalue weighted by Gasteiger charge is -1.96. The van der Waals surface area contributed by atoms with E-state index in [-0.39, 0.29) is 6.61 Å². The number of oxazole rings is 1. The molecule has 0 atom stereocenters. The molecule has 2 heterocycles. The van der Waals surface area contributed by atoms with Crippen LogP contribution in [0.15, 0.2) is 35.2 Å². The SMILES string of the molecule is OCCc1ncc(-c2ccc3ncoc3c2)[nH]1. The number of aliphatic hydroxyl groups excluding tert-OH is 1. The van der Waals surface area contributed by atoms with Gasteiger partial charge in [-0.25, -0.2) is 9.97 Å². The summed E-state index contributed by atoms with van der Waals surface area (Å²) in [6.45, 7) is 0.0914. The van der Waals surface area contributed by atoms with Crippen molar-refractivity contribution in [2.24, 2.45) is 0 Å². The average Bonchev–Trinajstić information content (AvgIpc) is 2.96. The van der Waals surface area contributed by atoms with Gasteiger partial charge in [0.05, 0.1) is 18.5 Å². The third-order valence-corrected chi connectivity index (χ3v) is 2.62. The fourth-order valence-electron chi connectivity index (χ4n) is 1.76. The molecule has 0 aliphatic carbocycles. The standard InChI is InChI=1S/C12H11N3O2/c16-4-3-12-13-6-10(15-12)8-1-2-9-11(5-8)17-7-14-9/h1-2,5-7,16H,3-4H2,(H,13,15). The molecule has 0 saturated carbocycles. The minimum Gasteiger partial charge on any atom is -0.443 e. The lowest BCUT2D eigenvalue weighted by molar-refractivity contribution is 0.297. The number of H-pyrrole nitrogens is 1. The fourth-order valence-corrected chi connectivity index (χ4v) is 1.76. The molecule has 2 N–H and O–H groups in total. The number of fused-ring (bicyclic) bond motifs is 1. The van der Waals surface area contributed by atoms with Crippen LogP contribution in [0.3, 0.4) is 0 Å². The summed E-state index contributed by atoms with van der Waals surface area (Å²) in [7, 11) is 0. The Labute approximate surface area is 97.1 Å². The van der Waals surface area contributed by atoms with E-state index in [2.05, 4.69) is 15.0 Å². The first-order valence-electron chi connectivity index (χ1n) is 5.35. The zero-order valence-corrected chi connectivity index (χ0v) is 9.05. The molecule has 3 rings (SSSR count). The molecule has 0 unspecified atom stereocenters. The van der Waals surface area contributed by atoms with Crippen LogP contribution in [0, 0.1) is 0 Å². The molecule has 0 radical (unpaired) electrons. The zero-order valence-electron chi connectivity index (χ0n) is 9.05. The van der Waals surface area contributed by atoms with Gasteiger partial charge in [0.25, 0.3) is 0 Å². The van der Waals surface area contributed by atoms with Gasteiger partial charge in [-0.2, -0.15) is 0 Å². The van der Waals surface area contributed by atoms with E-state index >= 15 is 0 Å². The number of benzene rings is 1. The van der Waals surface area contributed by atoms with Gasteiger partial charge in [-0.3, -0.25) is 0 Å². The van der Waals surface area contributed by atoms with Gasteiger partial charge in [0.15, 0.2) is 12.0 Å². The third-order valence-electron chi connectivity index (χ3n) is 2.62. The molecule has 2 aromatic heterocycles. The van der Waals surface area contributed by atoms with Crippen molar-refractivity contribution in [2.75, 3.05) is 6.61 Å². The number of imidazole rings is 1. The molecule has 0 fully saturated rings. The van der Waals surface area contributed by atoms with Crippen LogP contribution in [-0.2, 0) is 6.42 Å². The Morgan fingerprint density at radius 3 is 3.12 bits per heavy atom. The Hall–Kier alpha value is -2.14. The van der Waals surface area contributed by atoms with Gasteiger partial charge in [0, 0.05) is 12.0 Å². The number of hydrogen-bond acceptors (Lipinski definition) is 4. The van der Waals surface area contributed by atoms with Gasteiger partial charge in [-0.1, -0.05) is 6.07 Å². The summed E-state index contributed by atoms with van der Waals surface area (Å²) >= 11 is 0. The zero-order chi connectivity index (χ0) is 11.7. The number of hydrogen-bond donors (Lipinski definition) is 2. The van der Waals surface area contributed by atoms with E-state index in [0.717, 1.165) is 28.2 Å². The van der Waals surface area contributed by atoms with Crippen molar-refractivity contribution in [3.8, 4) is 11.3 Å². The molecule has 3 aromatic rings. The lowest BCUT2D eigenvalue weighted by atomic mass is 10.1. The van der Waals surface area contributed by atoms with E-state index in [1.807, 2.05) is 18.2 Å². The van der Waals surface area contributed by atoms with Crippen LogP contribution in [0.5, 0.6) is 0 Å². The van der Waals surface area contributed by atoms with Crippen molar-refractivity contribution >= 4 is 11.1 Å². The number of nitrogens with zero attached hydrogens (tertiary/aromatic N) is 2. The maximum absolute atomic E-state index is 8.83. The fraction of sp³-hybridized carbons (Fsp3) is 0.167. The summed E-state index contributed by atoms with van der Waals surface area (Å²) in [5.74, 6) is 0.778. The number of aromatic nitrogens is 3. The Balaban J connectivity index is 2.00. The number of rotatable bonds is 3. The van der Waals surface area contributed by atoms with Crippen molar-refractivity contribution in [3.63, 3.8) is 0 Å². The van der Waals surface area contributed by atoms with E-state index < -0.39 is 0 Å². The molecule has 86 valence electrons. The van der Waals surface area contributed by atoms with Crippen LogP contribution >= 0.6 is 0 Å². The molecule has 5 heteroatoms. The highest BCUT2D eigenvalue weighted by atomic mass is 16.3. The molecule has 5 nitrogen and oxygen atoms in total. The van der Waals surface area contributed by atoms with Crippen molar-refractivity contribution in [1.82, 2.24) is 15.0 Å². The van der Waals surface area contributed by atoms with Crippen LogP contribution in [0.25, 0.3) is 22.4 Å². The molecule has 17 heavy (non-hydrogen) atoms. The van der Waals surface area contributed by atoms with Gasteiger partial charge in [-0.15, -0.1) is 0 Å². The first-order chi connectivity index (χ1) is 8.36. The molecule has 0 saturated heterocycles. The van der Waals surface area contributed by atoms with E-state index in [1.54, 1.807) is 6.20 Å². The smallest absolute Gasteiger partial charge is 0.181 e. The minimum absolute atomic E-state index is 0.0914. The highest BCUT2D eigenvalue weighted by molar-refractivity contribution is 5.78. The molecular weight excluding hydrogens is 218 g/mol. The molecule has 1 aromatic carbocycles. The Morgan fingerprint density at radius 1 is 1.29 bits per heavy atom. The van der Waals surface area contributed by atoms with Crippen molar-refractivity contribution in [3.05, 3.63) is 36.6 Å². The van der Waals surface area contributed by atoms with E-state index in [4.69, 9.17) is 9.52 Å². The minimum atomic E-state index is 0.0914. The number of aromatic amines is 1. The molecule has 0 amide bonds. The van der Waals surface area contributed by atoms with Crippen LogP contribution in [0.1, 0.15) is 5.82 Å². The van der Waals surface area contributed by atoms with Gasteiger partial charge in [0.2, 0.25) is 0 Å². The quantitative estimate of drug-likeness (QED) is 0.717.